The lowest BCUT2D eigenvalue weighted by Crippen LogP contribution is -2.15. The van der Waals surface area contributed by atoms with Gasteiger partial charge in [0, 0.05) is 17.8 Å². The number of anilines is 1. The van der Waals surface area contributed by atoms with Crippen molar-refractivity contribution in [2.45, 2.75) is 31.7 Å². The highest BCUT2D eigenvalue weighted by molar-refractivity contribution is 7.99. The summed E-state index contributed by atoms with van der Waals surface area (Å²) in [7, 11) is 0. The molecule has 0 bridgehead atoms. The van der Waals surface area contributed by atoms with Crippen molar-refractivity contribution in [2.75, 3.05) is 11.1 Å². The molecule has 0 saturated heterocycles. The van der Waals surface area contributed by atoms with Gasteiger partial charge in [0.05, 0.1) is 11.3 Å². The molecule has 3 aromatic rings. The van der Waals surface area contributed by atoms with Gasteiger partial charge in [-0.2, -0.15) is 13.2 Å². The van der Waals surface area contributed by atoms with Crippen LogP contribution in [0, 0.1) is 6.92 Å². The number of hydrogen-bond donors (Lipinski definition) is 1. The number of rotatable bonds is 6. The van der Waals surface area contributed by atoms with Gasteiger partial charge in [0.1, 0.15) is 0 Å². The standard InChI is InChI=1S/C20H19F3N4OS/c1-3-27-18(14-7-4-6-13(2)10-14)25-26-19(27)29-12-17(28)24-16-9-5-8-15(11-16)20(21,22)23/h4-11H,3,12H2,1-2H3,(H,24,28). The summed E-state index contributed by atoms with van der Waals surface area (Å²) in [5, 5.41) is 11.5. The Balaban J connectivity index is 1.68. The zero-order chi connectivity index (χ0) is 21.0. The highest BCUT2D eigenvalue weighted by Crippen LogP contribution is 2.31. The molecule has 29 heavy (non-hydrogen) atoms. The molecule has 0 spiro atoms. The Labute approximate surface area is 170 Å². The predicted molar refractivity (Wildman–Crippen MR) is 107 cm³/mol. The Bertz CT molecular complexity index is 1020. The molecule has 9 heteroatoms. The van der Waals surface area contributed by atoms with E-state index in [1.54, 1.807) is 0 Å². The van der Waals surface area contributed by atoms with Gasteiger partial charge >= 0.3 is 6.18 Å². The third-order valence-electron chi connectivity index (χ3n) is 4.12. The SMILES string of the molecule is CCn1c(SCC(=O)Nc2cccc(C(F)(F)F)c2)nnc1-c1cccc(C)c1. The van der Waals surface area contributed by atoms with Crippen LogP contribution in [0.2, 0.25) is 0 Å². The Morgan fingerprint density at radius 3 is 2.59 bits per heavy atom. The number of alkyl halides is 3. The van der Waals surface area contributed by atoms with Crippen LogP contribution in [0.3, 0.4) is 0 Å². The summed E-state index contributed by atoms with van der Waals surface area (Å²) in [6, 6.07) is 12.4. The fourth-order valence-corrected chi connectivity index (χ4v) is 3.58. The Morgan fingerprint density at radius 2 is 1.90 bits per heavy atom. The van der Waals surface area contributed by atoms with Crippen LogP contribution in [-0.2, 0) is 17.5 Å². The van der Waals surface area contributed by atoms with Crippen LogP contribution in [0.5, 0.6) is 0 Å². The van der Waals surface area contributed by atoms with E-state index in [1.165, 1.54) is 23.9 Å². The topological polar surface area (TPSA) is 59.8 Å². The average molecular weight is 420 g/mol. The molecule has 0 aliphatic heterocycles. The molecule has 152 valence electrons. The number of amides is 1. The minimum Gasteiger partial charge on any atom is -0.325 e. The molecule has 0 aliphatic rings. The number of thioether (sulfide) groups is 1. The van der Waals surface area contributed by atoms with Crippen molar-refractivity contribution in [3.63, 3.8) is 0 Å². The van der Waals surface area contributed by atoms with Crippen LogP contribution < -0.4 is 5.32 Å². The summed E-state index contributed by atoms with van der Waals surface area (Å²) in [5.74, 6) is 0.288. The first-order valence-electron chi connectivity index (χ1n) is 8.88. The van der Waals surface area contributed by atoms with E-state index in [0.717, 1.165) is 23.3 Å². The molecule has 0 fully saturated rings. The molecule has 1 amide bonds. The van der Waals surface area contributed by atoms with Gasteiger partial charge in [-0.15, -0.1) is 10.2 Å². The molecule has 0 atom stereocenters. The molecule has 0 unspecified atom stereocenters. The van der Waals surface area contributed by atoms with E-state index in [4.69, 9.17) is 0 Å². The number of aryl methyl sites for hydroxylation is 1. The monoisotopic (exact) mass is 420 g/mol. The van der Waals surface area contributed by atoms with E-state index in [-0.39, 0.29) is 11.4 Å². The highest BCUT2D eigenvalue weighted by Gasteiger charge is 2.30. The van der Waals surface area contributed by atoms with Gasteiger partial charge in [0.2, 0.25) is 5.91 Å². The van der Waals surface area contributed by atoms with Crippen molar-refractivity contribution >= 4 is 23.4 Å². The Morgan fingerprint density at radius 1 is 1.14 bits per heavy atom. The van der Waals surface area contributed by atoms with E-state index < -0.39 is 17.6 Å². The number of nitrogens with one attached hydrogen (secondary N) is 1. The summed E-state index contributed by atoms with van der Waals surface area (Å²) in [6.45, 7) is 4.56. The highest BCUT2D eigenvalue weighted by atomic mass is 32.2. The molecule has 0 aliphatic carbocycles. The lowest BCUT2D eigenvalue weighted by molar-refractivity contribution is -0.137. The number of nitrogens with zero attached hydrogens (tertiary/aromatic N) is 3. The van der Waals surface area contributed by atoms with Crippen molar-refractivity contribution in [3.05, 3.63) is 59.7 Å². The van der Waals surface area contributed by atoms with E-state index >= 15 is 0 Å². The van der Waals surface area contributed by atoms with E-state index in [9.17, 15) is 18.0 Å². The van der Waals surface area contributed by atoms with Gasteiger partial charge < -0.3 is 9.88 Å². The molecular formula is C20H19F3N4OS. The van der Waals surface area contributed by atoms with Gasteiger partial charge in [-0.3, -0.25) is 4.79 Å². The maximum Gasteiger partial charge on any atom is 0.416 e. The van der Waals surface area contributed by atoms with Crippen LogP contribution in [-0.4, -0.2) is 26.4 Å². The first kappa shape index (κ1) is 20.9. The maximum absolute atomic E-state index is 12.8. The summed E-state index contributed by atoms with van der Waals surface area (Å²) in [4.78, 5) is 12.2. The second-order valence-electron chi connectivity index (χ2n) is 6.34. The summed E-state index contributed by atoms with van der Waals surface area (Å²) >= 11 is 1.18. The quantitative estimate of drug-likeness (QED) is 0.569. The van der Waals surface area contributed by atoms with Crippen molar-refractivity contribution in [2.24, 2.45) is 0 Å². The lowest BCUT2D eigenvalue weighted by atomic mass is 10.1. The molecule has 0 radical (unpaired) electrons. The first-order chi connectivity index (χ1) is 13.8. The van der Waals surface area contributed by atoms with Crippen molar-refractivity contribution < 1.29 is 18.0 Å². The third kappa shape index (κ3) is 5.17. The van der Waals surface area contributed by atoms with Crippen molar-refractivity contribution in [1.82, 2.24) is 14.8 Å². The first-order valence-corrected chi connectivity index (χ1v) is 9.86. The van der Waals surface area contributed by atoms with E-state index in [0.29, 0.717) is 17.5 Å². The molecular weight excluding hydrogens is 401 g/mol. The number of benzene rings is 2. The lowest BCUT2D eigenvalue weighted by Gasteiger charge is -2.10. The van der Waals surface area contributed by atoms with Gasteiger partial charge in [-0.25, -0.2) is 0 Å². The van der Waals surface area contributed by atoms with Crippen LogP contribution >= 0.6 is 11.8 Å². The molecule has 1 N–H and O–H groups in total. The van der Waals surface area contributed by atoms with Gasteiger partial charge in [0.15, 0.2) is 11.0 Å². The van der Waals surface area contributed by atoms with Crippen LogP contribution in [0.25, 0.3) is 11.4 Å². The normalized spacial score (nSPS) is 11.5. The van der Waals surface area contributed by atoms with Crippen LogP contribution in [0.4, 0.5) is 18.9 Å². The number of halogens is 3. The largest absolute Gasteiger partial charge is 0.416 e. The molecule has 5 nitrogen and oxygen atoms in total. The fourth-order valence-electron chi connectivity index (χ4n) is 2.78. The minimum absolute atomic E-state index is 0.00218. The number of carbonyl (C=O) groups is 1. The van der Waals surface area contributed by atoms with Crippen molar-refractivity contribution in [3.8, 4) is 11.4 Å². The predicted octanol–water partition coefficient (Wildman–Crippen LogP) is 5.02. The minimum atomic E-state index is -4.46. The number of aromatic nitrogens is 3. The van der Waals surface area contributed by atoms with Crippen LogP contribution in [0.15, 0.2) is 53.7 Å². The summed E-state index contributed by atoms with van der Waals surface area (Å²) < 4.78 is 40.3. The van der Waals surface area contributed by atoms with Crippen molar-refractivity contribution in [1.29, 1.82) is 0 Å². The zero-order valence-electron chi connectivity index (χ0n) is 15.8. The molecule has 0 saturated carbocycles. The molecule has 1 aromatic heterocycles. The molecule has 2 aromatic carbocycles. The van der Waals surface area contributed by atoms with E-state index in [1.807, 2.05) is 42.7 Å². The van der Waals surface area contributed by atoms with E-state index in [2.05, 4.69) is 15.5 Å². The zero-order valence-corrected chi connectivity index (χ0v) is 16.6. The number of carbonyl (C=O) groups excluding carboxylic acids is 1. The number of hydrogen-bond acceptors (Lipinski definition) is 4. The van der Waals surface area contributed by atoms with Gasteiger partial charge in [0.25, 0.3) is 0 Å². The maximum atomic E-state index is 12.8. The third-order valence-corrected chi connectivity index (χ3v) is 5.08. The summed E-state index contributed by atoms with van der Waals surface area (Å²) in [6.07, 6.45) is -4.46. The second-order valence-corrected chi connectivity index (χ2v) is 7.28. The Hall–Kier alpha value is -2.81. The smallest absolute Gasteiger partial charge is 0.325 e. The Kier molecular flexibility index (Phi) is 6.26. The molecule has 1 heterocycles. The second kappa shape index (κ2) is 8.69. The summed E-state index contributed by atoms with van der Waals surface area (Å²) in [5.41, 5.74) is 1.32. The fraction of sp³-hybridized carbons (Fsp3) is 0.250. The average Bonchev–Trinajstić information content (AvgIpc) is 3.09. The molecule has 3 rings (SSSR count). The van der Waals surface area contributed by atoms with Gasteiger partial charge in [-0.1, -0.05) is 41.6 Å². The van der Waals surface area contributed by atoms with Crippen LogP contribution in [0.1, 0.15) is 18.1 Å². The van der Waals surface area contributed by atoms with Gasteiger partial charge in [-0.05, 0) is 38.1 Å².